The highest BCUT2D eigenvalue weighted by molar-refractivity contribution is 9.10. The van der Waals surface area contributed by atoms with Crippen LogP contribution in [0.1, 0.15) is 22.3 Å². The van der Waals surface area contributed by atoms with E-state index in [9.17, 15) is 4.79 Å². The average Bonchev–Trinajstić information content (AvgIpc) is 2.93. The first-order chi connectivity index (χ1) is 9.66. The molecule has 0 fully saturated rings. The number of aromatic carboxylic acids is 1. The van der Waals surface area contributed by atoms with Crippen LogP contribution in [0.5, 0.6) is 0 Å². The van der Waals surface area contributed by atoms with Crippen molar-refractivity contribution in [2.24, 2.45) is 0 Å². The Hall–Kier alpha value is -1.66. The lowest BCUT2D eigenvalue weighted by atomic mass is 10.1. The summed E-state index contributed by atoms with van der Waals surface area (Å²) in [7, 11) is 0. The number of carbonyl (C=O) groups is 1. The molecule has 2 N–H and O–H groups in total. The van der Waals surface area contributed by atoms with Gasteiger partial charge in [0.1, 0.15) is 0 Å². The summed E-state index contributed by atoms with van der Waals surface area (Å²) in [5.41, 5.74) is 1.34. The van der Waals surface area contributed by atoms with Crippen LogP contribution >= 0.6 is 15.9 Å². The molecule has 0 bridgehead atoms. The average molecular weight is 338 g/mol. The number of nitrogens with one attached hydrogen (secondary N) is 1. The molecule has 0 amide bonds. The molecule has 0 spiro atoms. The molecule has 0 aliphatic carbocycles. The maximum atomic E-state index is 10.8. The highest BCUT2D eigenvalue weighted by Crippen LogP contribution is 2.18. The Labute approximate surface area is 125 Å². The van der Waals surface area contributed by atoms with Crippen molar-refractivity contribution in [2.45, 2.75) is 19.5 Å². The maximum Gasteiger partial charge on any atom is 0.335 e. The van der Waals surface area contributed by atoms with Gasteiger partial charge in [-0.2, -0.15) is 5.10 Å². The molecule has 6 heteroatoms. The molecule has 0 saturated carbocycles. The van der Waals surface area contributed by atoms with Crippen molar-refractivity contribution < 1.29 is 9.90 Å². The Balaban J connectivity index is 1.75. The van der Waals surface area contributed by atoms with Crippen LogP contribution in [0.2, 0.25) is 0 Å². The van der Waals surface area contributed by atoms with Crippen molar-refractivity contribution >= 4 is 21.9 Å². The third kappa shape index (κ3) is 4.18. The molecule has 0 saturated heterocycles. The highest BCUT2D eigenvalue weighted by atomic mass is 79.9. The largest absolute Gasteiger partial charge is 0.478 e. The summed E-state index contributed by atoms with van der Waals surface area (Å²) in [6.45, 7) is 2.48. The molecule has 1 aromatic carbocycles. The van der Waals surface area contributed by atoms with Crippen molar-refractivity contribution in [1.82, 2.24) is 15.1 Å². The summed E-state index contributed by atoms with van der Waals surface area (Å²) < 4.78 is 2.72. The topological polar surface area (TPSA) is 67.2 Å². The number of aryl methyl sites for hydroxylation is 1. The molecule has 1 aromatic heterocycles. The van der Waals surface area contributed by atoms with E-state index in [0.29, 0.717) is 12.1 Å². The fourth-order valence-corrected chi connectivity index (χ4v) is 2.36. The molecule has 2 aromatic rings. The Bertz CT molecular complexity index is 570. The standard InChI is InChI=1S/C14H16BrN3O2/c15-13-9-11(14(19)20)3-4-12(13)10-16-5-1-7-18-8-2-6-17-18/h2-4,6,8-9,16H,1,5,7,10H2,(H,19,20). The monoisotopic (exact) mass is 337 g/mol. The van der Waals surface area contributed by atoms with Crippen LogP contribution in [-0.4, -0.2) is 27.4 Å². The zero-order valence-electron chi connectivity index (χ0n) is 10.9. The highest BCUT2D eigenvalue weighted by Gasteiger charge is 2.06. The van der Waals surface area contributed by atoms with Gasteiger partial charge in [-0.3, -0.25) is 4.68 Å². The zero-order valence-corrected chi connectivity index (χ0v) is 12.5. The molecule has 0 aliphatic rings. The number of aromatic nitrogens is 2. The van der Waals surface area contributed by atoms with Crippen LogP contribution in [0.15, 0.2) is 41.1 Å². The lowest BCUT2D eigenvalue weighted by Gasteiger charge is -2.08. The van der Waals surface area contributed by atoms with Gasteiger partial charge in [-0.1, -0.05) is 22.0 Å². The zero-order chi connectivity index (χ0) is 14.4. The Kier molecular flexibility index (Phi) is 5.31. The first-order valence-corrected chi connectivity index (χ1v) is 7.16. The fourth-order valence-electron chi connectivity index (χ4n) is 1.85. The van der Waals surface area contributed by atoms with E-state index in [4.69, 9.17) is 5.11 Å². The summed E-state index contributed by atoms with van der Waals surface area (Å²) in [5, 5.41) is 16.4. The van der Waals surface area contributed by atoms with Crippen molar-refractivity contribution in [3.05, 3.63) is 52.3 Å². The number of carboxylic acids is 1. The first-order valence-electron chi connectivity index (χ1n) is 6.36. The third-order valence-corrected chi connectivity index (χ3v) is 3.65. The molecular weight excluding hydrogens is 322 g/mol. The Morgan fingerprint density at radius 3 is 2.95 bits per heavy atom. The summed E-state index contributed by atoms with van der Waals surface area (Å²) in [6, 6.07) is 6.99. The molecule has 0 unspecified atom stereocenters. The van der Waals surface area contributed by atoms with E-state index < -0.39 is 5.97 Å². The van der Waals surface area contributed by atoms with E-state index >= 15 is 0 Å². The second kappa shape index (κ2) is 7.21. The minimum absolute atomic E-state index is 0.291. The van der Waals surface area contributed by atoms with Gasteiger partial charge in [0.05, 0.1) is 5.56 Å². The van der Waals surface area contributed by atoms with Crippen LogP contribution in [-0.2, 0) is 13.1 Å². The van der Waals surface area contributed by atoms with E-state index in [0.717, 1.165) is 29.5 Å². The lowest BCUT2D eigenvalue weighted by Crippen LogP contribution is -2.17. The molecule has 1 heterocycles. The van der Waals surface area contributed by atoms with Crippen LogP contribution in [0.25, 0.3) is 0 Å². The van der Waals surface area contributed by atoms with Crippen molar-refractivity contribution in [3.8, 4) is 0 Å². The Morgan fingerprint density at radius 1 is 1.45 bits per heavy atom. The minimum Gasteiger partial charge on any atom is -0.478 e. The number of benzene rings is 1. The molecule has 2 rings (SSSR count). The molecular formula is C14H16BrN3O2. The van der Waals surface area contributed by atoms with Gasteiger partial charge in [0.15, 0.2) is 0 Å². The third-order valence-electron chi connectivity index (χ3n) is 2.92. The van der Waals surface area contributed by atoms with Gasteiger partial charge in [0.25, 0.3) is 0 Å². The molecule has 0 aliphatic heterocycles. The lowest BCUT2D eigenvalue weighted by molar-refractivity contribution is 0.0697. The molecule has 20 heavy (non-hydrogen) atoms. The smallest absolute Gasteiger partial charge is 0.335 e. The number of rotatable bonds is 7. The first kappa shape index (κ1) is 14.7. The number of nitrogens with zero attached hydrogens (tertiary/aromatic N) is 2. The van der Waals surface area contributed by atoms with Crippen LogP contribution in [0, 0.1) is 0 Å². The van der Waals surface area contributed by atoms with E-state index in [-0.39, 0.29) is 0 Å². The molecule has 0 atom stereocenters. The predicted molar refractivity (Wildman–Crippen MR) is 79.7 cm³/mol. The number of hydrogen-bond donors (Lipinski definition) is 2. The van der Waals surface area contributed by atoms with Crippen molar-refractivity contribution in [1.29, 1.82) is 0 Å². The molecule has 106 valence electrons. The number of carboxylic acid groups (broad SMARTS) is 1. The molecule has 0 radical (unpaired) electrons. The summed E-state index contributed by atoms with van der Waals surface area (Å²) in [6.07, 6.45) is 4.71. The SMILES string of the molecule is O=C(O)c1ccc(CNCCCn2cccn2)c(Br)c1. The van der Waals surface area contributed by atoms with Crippen molar-refractivity contribution in [3.63, 3.8) is 0 Å². The quantitative estimate of drug-likeness (QED) is 0.762. The van der Waals surface area contributed by atoms with Crippen LogP contribution in [0.3, 0.4) is 0 Å². The molecule has 5 nitrogen and oxygen atoms in total. The minimum atomic E-state index is -0.913. The van der Waals surface area contributed by atoms with Gasteiger partial charge >= 0.3 is 5.97 Å². The summed E-state index contributed by atoms with van der Waals surface area (Å²) >= 11 is 3.40. The second-order valence-electron chi connectivity index (χ2n) is 4.41. The van der Waals surface area contributed by atoms with Gasteiger partial charge < -0.3 is 10.4 Å². The second-order valence-corrected chi connectivity index (χ2v) is 5.27. The van der Waals surface area contributed by atoms with E-state index in [2.05, 4.69) is 26.3 Å². The fraction of sp³-hybridized carbons (Fsp3) is 0.286. The van der Waals surface area contributed by atoms with Crippen LogP contribution < -0.4 is 5.32 Å². The van der Waals surface area contributed by atoms with E-state index in [1.54, 1.807) is 18.3 Å². The van der Waals surface area contributed by atoms with E-state index in [1.807, 2.05) is 23.0 Å². The Morgan fingerprint density at radius 2 is 2.30 bits per heavy atom. The van der Waals surface area contributed by atoms with Gasteiger partial charge in [0.2, 0.25) is 0 Å². The van der Waals surface area contributed by atoms with Crippen molar-refractivity contribution in [2.75, 3.05) is 6.54 Å². The normalized spacial score (nSPS) is 10.7. The summed E-state index contributed by atoms with van der Waals surface area (Å²) in [4.78, 5) is 10.8. The van der Waals surface area contributed by atoms with Crippen LogP contribution in [0.4, 0.5) is 0 Å². The number of halogens is 1. The maximum absolute atomic E-state index is 10.8. The number of hydrogen-bond acceptors (Lipinski definition) is 3. The van der Waals surface area contributed by atoms with E-state index in [1.165, 1.54) is 0 Å². The van der Waals surface area contributed by atoms with Gasteiger partial charge in [-0.25, -0.2) is 4.79 Å². The summed E-state index contributed by atoms with van der Waals surface area (Å²) in [5.74, 6) is -0.913. The van der Waals surface area contributed by atoms with Gasteiger partial charge in [-0.05, 0) is 36.7 Å². The van der Waals surface area contributed by atoms with Gasteiger partial charge in [0, 0.05) is 30.0 Å². The van der Waals surface area contributed by atoms with Gasteiger partial charge in [-0.15, -0.1) is 0 Å². The predicted octanol–water partition coefficient (Wildman–Crippen LogP) is 2.52.